The summed E-state index contributed by atoms with van der Waals surface area (Å²) in [7, 11) is 0. The van der Waals surface area contributed by atoms with Crippen LogP contribution in [-0.2, 0) is 11.3 Å². The molecule has 0 saturated carbocycles. The maximum absolute atomic E-state index is 11.0. The number of anilines is 4. The Balaban J connectivity index is 1.72. The van der Waals surface area contributed by atoms with Crippen LogP contribution < -0.4 is 22.1 Å². The van der Waals surface area contributed by atoms with Gasteiger partial charge >= 0.3 is 0 Å². The zero-order valence-electron chi connectivity index (χ0n) is 13.2. The molecule has 7 heteroatoms. The largest absolute Gasteiger partial charge is 0.383 e. The minimum atomic E-state index is -0.0857. The highest BCUT2D eigenvalue weighted by atomic mass is 16.1. The molecule has 0 aliphatic carbocycles. The van der Waals surface area contributed by atoms with Gasteiger partial charge in [0.25, 0.3) is 0 Å². The molecule has 6 N–H and O–H groups in total. The summed E-state index contributed by atoms with van der Waals surface area (Å²) in [6.07, 6.45) is 0. The van der Waals surface area contributed by atoms with Gasteiger partial charge in [-0.15, -0.1) is 0 Å². The van der Waals surface area contributed by atoms with Crippen LogP contribution in [0, 0.1) is 0 Å². The van der Waals surface area contributed by atoms with Gasteiger partial charge in [0.2, 0.25) is 11.9 Å². The molecular weight excluding hydrogens is 304 g/mol. The average molecular weight is 322 g/mol. The second-order valence-corrected chi connectivity index (χ2v) is 5.43. The van der Waals surface area contributed by atoms with Crippen LogP contribution in [0.2, 0.25) is 0 Å². The van der Waals surface area contributed by atoms with Crippen LogP contribution in [0.5, 0.6) is 0 Å². The zero-order chi connectivity index (χ0) is 17.1. The molecule has 0 aliphatic heterocycles. The first-order valence-corrected chi connectivity index (χ1v) is 7.44. The van der Waals surface area contributed by atoms with Crippen LogP contribution >= 0.6 is 0 Å². The highest BCUT2D eigenvalue weighted by molar-refractivity contribution is 5.91. The molecule has 2 aromatic carbocycles. The monoisotopic (exact) mass is 322 g/mol. The SMILES string of the molecule is CC(=O)Nc1ccc(CNc2ccc3nc(N)nc(N)c3c2)cc1. The summed E-state index contributed by atoms with van der Waals surface area (Å²) in [6.45, 7) is 2.12. The van der Waals surface area contributed by atoms with Crippen molar-refractivity contribution in [3.8, 4) is 0 Å². The Bertz CT molecular complexity index is 891. The molecule has 122 valence electrons. The van der Waals surface area contributed by atoms with E-state index in [4.69, 9.17) is 11.5 Å². The quantitative estimate of drug-likeness (QED) is 0.585. The summed E-state index contributed by atoms with van der Waals surface area (Å²) in [5, 5.41) is 6.82. The summed E-state index contributed by atoms with van der Waals surface area (Å²) in [4.78, 5) is 19.1. The summed E-state index contributed by atoms with van der Waals surface area (Å²) >= 11 is 0. The molecule has 0 fully saturated rings. The predicted molar refractivity (Wildman–Crippen MR) is 96.4 cm³/mol. The zero-order valence-corrected chi connectivity index (χ0v) is 13.2. The van der Waals surface area contributed by atoms with Gasteiger partial charge in [-0.05, 0) is 35.9 Å². The summed E-state index contributed by atoms with van der Waals surface area (Å²) in [5.41, 5.74) is 15.0. The van der Waals surface area contributed by atoms with Crippen molar-refractivity contribution in [1.29, 1.82) is 0 Å². The molecular formula is C17H18N6O. The number of fused-ring (bicyclic) bond motifs is 1. The minimum Gasteiger partial charge on any atom is -0.383 e. The van der Waals surface area contributed by atoms with Gasteiger partial charge in [-0.3, -0.25) is 4.79 Å². The van der Waals surface area contributed by atoms with Crippen LogP contribution in [0.4, 0.5) is 23.1 Å². The van der Waals surface area contributed by atoms with Crippen molar-refractivity contribution >= 4 is 40.0 Å². The van der Waals surface area contributed by atoms with Gasteiger partial charge in [0.15, 0.2) is 0 Å². The first kappa shape index (κ1) is 15.5. The van der Waals surface area contributed by atoms with Gasteiger partial charge in [-0.25, -0.2) is 4.98 Å². The summed E-state index contributed by atoms with van der Waals surface area (Å²) < 4.78 is 0. The third kappa shape index (κ3) is 3.52. The number of aromatic nitrogens is 2. The Morgan fingerprint density at radius 1 is 1.04 bits per heavy atom. The number of hydrogen-bond acceptors (Lipinski definition) is 6. The van der Waals surface area contributed by atoms with Gasteiger partial charge in [0, 0.05) is 30.2 Å². The molecule has 3 rings (SSSR count). The Kier molecular flexibility index (Phi) is 4.15. The van der Waals surface area contributed by atoms with Crippen LogP contribution in [0.15, 0.2) is 42.5 Å². The molecule has 0 aliphatic rings. The molecule has 0 radical (unpaired) electrons. The minimum absolute atomic E-state index is 0.0857. The van der Waals surface area contributed by atoms with Crippen molar-refractivity contribution in [2.24, 2.45) is 0 Å². The van der Waals surface area contributed by atoms with E-state index in [2.05, 4.69) is 20.6 Å². The van der Waals surface area contributed by atoms with Gasteiger partial charge in [0.05, 0.1) is 5.52 Å². The van der Waals surface area contributed by atoms with E-state index in [-0.39, 0.29) is 11.9 Å². The standard InChI is InChI=1S/C17H18N6O/c1-10(24)21-12-4-2-11(3-5-12)9-20-13-6-7-15-14(8-13)16(18)23-17(19)22-15/h2-8,20H,9H2,1H3,(H,21,24)(H4,18,19,22,23). The molecule has 0 atom stereocenters. The molecule has 1 heterocycles. The van der Waals surface area contributed by atoms with Gasteiger partial charge in [0.1, 0.15) is 5.82 Å². The lowest BCUT2D eigenvalue weighted by molar-refractivity contribution is -0.114. The van der Waals surface area contributed by atoms with E-state index < -0.39 is 0 Å². The first-order chi connectivity index (χ1) is 11.5. The van der Waals surface area contributed by atoms with Gasteiger partial charge < -0.3 is 22.1 Å². The molecule has 0 saturated heterocycles. The number of nitrogens with two attached hydrogens (primary N) is 2. The first-order valence-electron chi connectivity index (χ1n) is 7.44. The Hall–Kier alpha value is -3.35. The summed E-state index contributed by atoms with van der Waals surface area (Å²) in [5.74, 6) is 0.443. The van der Waals surface area contributed by atoms with Gasteiger partial charge in [-0.2, -0.15) is 4.98 Å². The van der Waals surface area contributed by atoms with Crippen molar-refractivity contribution < 1.29 is 4.79 Å². The smallest absolute Gasteiger partial charge is 0.222 e. The third-order valence-corrected chi connectivity index (χ3v) is 3.51. The van der Waals surface area contributed by atoms with E-state index in [1.54, 1.807) is 0 Å². The maximum atomic E-state index is 11.0. The number of hydrogen-bond donors (Lipinski definition) is 4. The third-order valence-electron chi connectivity index (χ3n) is 3.51. The van der Waals surface area contributed by atoms with E-state index >= 15 is 0 Å². The molecule has 1 aromatic heterocycles. The topological polar surface area (TPSA) is 119 Å². The number of carbonyl (C=O) groups is 1. The Labute approximate surface area is 139 Å². The second kappa shape index (κ2) is 6.41. The molecule has 3 aromatic rings. The predicted octanol–water partition coefficient (Wildman–Crippen LogP) is 2.36. The normalized spacial score (nSPS) is 10.5. The van der Waals surface area contributed by atoms with Crippen molar-refractivity contribution in [3.05, 3.63) is 48.0 Å². The highest BCUT2D eigenvalue weighted by Crippen LogP contribution is 2.23. The molecule has 0 spiro atoms. The van der Waals surface area contributed by atoms with Crippen LogP contribution in [0.1, 0.15) is 12.5 Å². The lowest BCUT2D eigenvalue weighted by Gasteiger charge is -2.09. The Morgan fingerprint density at radius 3 is 2.46 bits per heavy atom. The van der Waals surface area contributed by atoms with E-state index in [1.807, 2.05) is 42.5 Å². The van der Waals surface area contributed by atoms with Crippen LogP contribution in [0.25, 0.3) is 10.9 Å². The molecule has 7 nitrogen and oxygen atoms in total. The number of nitrogens with zero attached hydrogens (tertiary/aromatic N) is 2. The molecule has 0 bridgehead atoms. The van der Waals surface area contributed by atoms with Crippen molar-refractivity contribution in [1.82, 2.24) is 9.97 Å². The maximum Gasteiger partial charge on any atom is 0.222 e. The molecule has 0 unspecified atom stereocenters. The lowest BCUT2D eigenvalue weighted by Crippen LogP contribution is -2.06. The van der Waals surface area contributed by atoms with Gasteiger partial charge in [-0.1, -0.05) is 12.1 Å². The number of nitrogen functional groups attached to an aromatic ring is 2. The van der Waals surface area contributed by atoms with Crippen molar-refractivity contribution in [3.63, 3.8) is 0 Å². The highest BCUT2D eigenvalue weighted by Gasteiger charge is 2.04. The number of carbonyl (C=O) groups excluding carboxylic acids is 1. The van der Waals surface area contributed by atoms with Crippen LogP contribution in [-0.4, -0.2) is 15.9 Å². The van der Waals surface area contributed by atoms with E-state index in [9.17, 15) is 4.79 Å². The number of nitrogens with one attached hydrogen (secondary N) is 2. The fourth-order valence-corrected chi connectivity index (χ4v) is 2.39. The average Bonchev–Trinajstić information content (AvgIpc) is 2.54. The number of rotatable bonds is 4. The van der Waals surface area contributed by atoms with Crippen molar-refractivity contribution in [2.45, 2.75) is 13.5 Å². The molecule has 24 heavy (non-hydrogen) atoms. The fourth-order valence-electron chi connectivity index (χ4n) is 2.39. The molecule has 1 amide bonds. The van der Waals surface area contributed by atoms with Crippen molar-refractivity contribution in [2.75, 3.05) is 22.1 Å². The van der Waals surface area contributed by atoms with Crippen LogP contribution in [0.3, 0.4) is 0 Å². The Morgan fingerprint density at radius 2 is 1.75 bits per heavy atom. The second-order valence-electron chi connectivity index (χ2n) is 5.43. The number of benzene rings is 2. The number of amides is 1. The van der Waals surface area contributed by atoms with E-state index in [1.165, 1.54) is 6.92 Å². The van der Waals surface area contributed by atoms with E-state index in [0.29, 0.717) is 17.9 Å². The van der Waals surface area contributed by atoms with E-state index in [0.717, 1.165) is 22.3 Å². The summed E-state index contributed by atoms with van der Waals surface area (Å²) in [6, 6.07) is 13.3. The lowest BCUT2D eigenvalue weighted by atomic mass is 10.1. The fraction of sp³-hybridized carbons (Fsp3) is 0.118.